The third-order valence-electron chi connectivity index (χ3n) is 3.91. The minimum atomic E-state index is -0.301. The van der Waals surface area contributed by atoms with Crippen molar-refractivity contribution in [3.05, 3.63) is 65.3 Å². The molecule has 4 rings (SSSR count). The van der Waals surface area contributed by atoms with Crippen LogP contribution in [0.25, 0.3) is 10.9 Å². The van der Waals surface area contributed by atoms with Gasteiger partial charge in [-0.15, -0.1) is 0 Å². The zero-order chi connectivity index (χ0) is 18.8. The van der Waals surface area contributed by atoms with Crippen LogP contribution in [0.5, 0.6) is 5.75 Å². The highest BCUT2D eigenvalue weighted by Gasteiger charge is 2.11. The molecule has 0 saturated carbocycles. The first-order chi connectivity index (χ1) is 13.1. The van der Waals surface area contributed by atoms with Crippen molar-refractivity contribution in [2.24, 2.45) is 0 Å². The van der Waals surface area contributed by atoms with Crippen LogP contribution in [0.15, 0.2) is 59.6 Å². The van der Waals surface area contributed by atoms with Crippen LogP contribution in [0, 0.1) is 0 Å². The quantitative estimate of drug-likeness (QED) is 0.529. The summed E-state index contributed by atoms with van der Waals surface area (Å²) in [6, 6.07) is 9.11. The van der Waals surface area contributed by atoms with E-state index in [0.29, 0.717) is 18.1 Å². The largest absolute Gasteiger partial charge is 0.497 e. The van der Waals surface area contributed by atoms with Crippen LogP contribution >= 0.6 is 15.9 Å². The highest BCUT2D eigenvalue weighted by atomic mass is 79.9. The summed E-state index contributed by atoms with van der Waals surface area (Å²) in [4.78, 5) is 16.8. The van der Waals surface area contributed by atoms with Gasteiger partial charge in [0.1, 0.15) is 12.4 Å². The van der Waals surface area contributed by atoms with E-state index in [1.165, 1.54) is 0 Å². The van der Waals surface area contributed by atoms with Crippen molar-refractivity contribution in [1.82, 2.24) is 24.5 Å². The Hall–Kier alpha value is -3.20. The Kier molecular flexibility index (Phi) is 4.59. The molecule has 3 heterocycles. The Labute approximate surface area is 162 Å². The SMILES string of the molecule is COc1ccc2cc(NC(=O)c3ccn(Cn4cc(Br)cn4)n3)cnc2c1. The van der Waals surface area contributed by atoms with Crippen LogP contribution in [0.4, 0.5) is 5.69 Å². The van der Waals surface area contributed by atoms with E-state index in [9.17, 15) is 4.79 Å². The number of hydrogen-bond donors (Lipinski definition) is 1. The summed E-state index contributed by atoms with van der Waals surface area (Å²) >= 11 is 3.35. The first-order valence-corrected chi connectivity index (χ1v) is 8.86. The molecule has 0 aliphatic heterocycles. The number of hydrogen-bond acceptors (Lipinski definition) is 5. The number of ether oxygens (including phenoxy) is 1. The van der Waals surface area contributed by atoms with Crippen molar-refractivity contribution in [1.29, 1.82) is 0 Å². The van der Waals surface area contributed by atoms with Gasteiger partial charge in [0.2, 0.25) is 0 Å². The fraction of sp³-hybridized carbons (Fsp3) is 0.111. The maximum Gasteiger partial charge on any atom is 0.276 e. The van der Waals surface area contributed by atoms with E-state index >= 15 is 0 Å². The molecule has 0 atom stereocenters. The molecule has 1 N–H and O–H groups in total. The summed E-state index contributed by atoms with van der Waals surface area (Å²) in [6.45, 7) is 0.415. The van der Waals surface area contributed by atoms with E-state index in [1.807, 2.05) is 30.5 Å². The molecule has 1 aromatic carbocycles. The van der Waals surface area contributed by atoms with Gasteiger partial charge in [0.25, 0.3) is 5.91 Å². The summed E-state index contributed by atoms with van der Waals surface area (Å²) in [6.07, 6.45) is 6.87. The van der Waals surface area contributed by atoms with Gasteiger partial charge in [-0.2, -0.15) is 10.2 Å². The van der Waals surface area contributed by atoms with Gasteiger partial charge in [-0.3, -0.25) is 14.5 Å². The number of nitrogens with zero attached hydrogens (tertiary/aromatic N) is 5. The molecule has 4 aromatic rings. The second kappa shape index (κ2) is 7.20. The van der Waals surface area contributed by atoms with Crippen molar-refractivity contribution in [3.63, 3.8) is 0 Å². The highest BCUT2D eigenvalue weighted by Crippen LogP contribution is 2.21. The standard InChI is InChI=1S/C18H15BrN6O2/c1-27-15-3-2-12-6-14(9-20-17(12)7-15)22-18(26)16-4-5-24(23-16)11-25-10-13(19)8-21-25/h2-10H,11H2,1H3,(H,22,26). The normalized spacial score (nSPS) is 10.9. The lowest BCUT2D eigenvalue weighted by molar-refractivity contribution is 0.102. The number of aromatic nitrogens is 5. The molecule has 0 fully saturated rings. The number of pyridine rings is 1. The lowest BCUT2D eigenvalue weighted by Crippen LogP contribution is -2.15. The highest BCUT2D eigenvalue weighted by molar-refractivity contribution is 9.10. The molecule has 1 amide bonds. The number of halogens is 1. The van der Waals surface area contributed by atoms with Gasteiger partial charge in [-0.05, 0) is 40.2 Å². The minimum absolute atomic E-state index is 0.301. The number of methoxy groups -OCH3 is 1. The van der Waals surface area contributed by atoms with E-state index in [1.54, 1.807) is 41.1 Å². The maximum absolute atomic E-state index is 12.5. The summed E-state index contributed by atoms with van der Waals surface area (Å²) in [5, 5.41) is 12.2. The zero-order valence-corrected chi connectivity index (χ0v) is 15.9. The Bertz CT molecular complexity index is 1120. The van der Waals surface area contributed by atoms with Crippen LogP contribution < -0.4 is 10.1 Å². The molecule has 0 aliphatic rings. The molecule has 9 heteroatoms. The van der Waals surface area contributed by atoms with Crippen LogP contribution in [0.2, 0.25) is 0 Å². The summed E-state index contributed by atoms with van der Waals surface area (Å²) < 4.78 is 9.42. The Morgan fingerprint density at radius 3 is 2.89 bits per heavy atom. The van der Waals surface area contributed by atoms with Gasteiger partial charge < -0.3 is 10.1 Å². The summed E-state index contributed by atoms with van der Waals surface area (Å²) in [7, 11) is 1.61. The van der Waals surface area contributed by atoms with Crippen LogP contribution in [0.3, 0.4) is 0 Å². The molecular formula is C18H15BrN6O2. The van der Waals surface area contributed by atoms with E-state index in [4.69, 9.17) is 4.74 Å². The Morgan fingerprint density at radius 2 is 2.11 bits per heavy atom. The third kappa shape index (κ3) is 3.82. The Morgan fingerprint density at radius 1 is 1.22 bits per heavy atom. The second-order valence-electron chi connectivity index (χ2n) is 5.82. The van der Waals surface area contributed by atoms with Gasteiger partial charge in [0.05, 0.1) is 35.2 Å². The minimum Gasteiger partial charge on any atom is -0.497 e. The third-order valence-corrected chi connectivity index (χ3v) is 4.32. The van der Waals surface area contributed by atoms with Gasteiger partial charge in [-0.1, -0.05) is 0 Å². The summed E-state index contributed by atoms with van der Waals surface area (Å²) in [5.41, 5.74) is 1.71. The molecule has 0 spiro atoms. The van der Waals surface area contributed by atoms with Crippen molar-refractivity contribution in [2.45, 2.75) is 6.67 Å². The maximum atomic E-state index is 12.5. The lowest BCUT2D eigenvalue weighted by Gasteiger charge is -2.06. The number of benzene rings is 1. The fourth-order valence-corrected chi connectivity index (χ4v) is 2.95. The monoisotopic (exact) mass is 426 g/mol. The molecule has 0 unspecified atom stereocenters. The number of anilines is 1. The predicted molar refractivity (Wildman–Crippen MR) is 104 cm³/mol. The average molecular weight is 427 g/mol. The van der Waals surface area contributed by atoms with Crippen molar-refractivity contribution in [3.8, 4) is 5.75 Å². The van der Waals surface area contributed by atoms with Crippen molar-refractivity contribution in [2.75, 3.05) is 12.4 Å². The van der Waals surface area contributed by atoms with E-state index in [2.05, 4.69) is 36.4 Å². The Balaban J connectivity index is 1.48. The first kappa shape index (κ1) is 17.2. The van der Waals surface area contributed by atoms with Crippen molar-refractivity contribution >= 4 is 38.4 Å². The van der Waals surface area contributed by atoms with E-state index in [-0.39, 0.29) is 5.91 Å². The first-order valence-electron chi connectivity index (χ1n) is 8.07. The van der Waals surface area contributed by atoms with Crippen LogP contribution in [-0.2, 0) is 6.67 Å². The molecular weight excluding hydrogens is 412 g/mol. The van der Waals surface area contributed by atoms with Crippen LogP contribution in [0.1, 0.15) is 10.5 Å². The van der Waals surface area contributed by atoms with Crippen LogP contribution in [-0.4, -0.2) is 37.6 Å². The second-order valence-corrected chi connectivity index (χ2v) is 6.73. The summed E-state index contributed by atoms with van der Waals surface area (Å²) in [5.74, 6) is 0.437. The van der Waals surface area contributed by atoms with Gasteiger partial charge >= 0.3 is 0 Å². The molecule has 27 heavy (non-hydrogen) atoms. The number of amides is 1. The number of nitrogens with one attached hydrogen (secondary N) is 1. The average Bonchev–Trinajstić information content (AvgIpc) is 3.30. The molecule has 0 aliphatic carbocycles. The number of carbonyl (C=O) groups is 1. The number of carbonyl (C=O) groups excluding carboxylic acids is 1. The van der Waals surface area contributed by atoms with Gasteiger partial charge in [0.15, 0.2) is 5.69 Å². The van der Waals surface area contributed by atoms with E-state index < -0.39 is 0 Å². The van der Waals surface area contributed by atoms with Gasteiger partial charge in [0, 0.05) is 23.8 Å². The molecule has 0 bridgehead atoms. The molecule has 136 valence electrons. The molecule has 3 aromatic heterocycles. The molecule has 0 saturated heterocycles. The van der Waals surface area contributed by atoms with E-state index in [0.717, 1.165) is 21.1 Å². The predicted octanol–water partition coefficient (Wildman–Crippen LogP) is 3.16. The fourth-order valence-electron chi connectivity index (χ4n) is 2.62. The number of rotatable bonds is 5. The van der Waals surface area contributed by atoms with Gasteiger partial charge in [-0.25, -0.2) is 4.68 Å². The zero-order valence-electron chi connectivity index (χ0n) is 14.3. The molecule has 0 radical (unpaired) electrons. The lowest BCUT2D eigenvalue weighted by atomic mass is 10.2. The number of fused-ring (bicyclic) bond motifs is 1. The molecule has 8 nitrogen and oxygen atoms in total. The topological polar surface area (TPSA) is 86.9 Å². The van der Waals surface area contributed by atoms with Crippen molar-refractivity contribution < 1.29 is 9.53 Å². The smallest absolute Gasteiger partial charge is 0.276 e.